The summed E-state index contributed by atoms with van der Waals surface area (Å²) in [4.78, 5) is 19.9. The number of halogens is 1. The van der Waals surface area contributed by atoms with Crippen molar-refractivity contribution in [3.8, 4) is 0 Å². The van der Waals surface area contributed by atoms with Crippen LogP contribution in [-0.4, -0.2) is 39.7 Å². The molecule has 1 amide bonds. The van der Waals surface area contributed by atoms with E-state index in [1.165, 1.54) is 18.1 Å². The van der Waals surface area contributed by atoms with Crippen LogP contribution in [0.15, 0.2) is 60.8 Å². The summed E-state index contributed by atoms with van der Waals surface area (Å²) in [5.41, 5.74) is 4.38. The number of benzene rings is 2. The van der Waals surface area contributed by atoms with Crippen molar-refractivity contribution in [3.05, 3.63) is 82.8 Å². The molecule has 0 unspecified atom stereocenters. The van der Waals surface area contributed by atoms with E-state index < -0.39 is 12.1 Å². The zero-order valence-electron chi connectivity index (χ0n) is 21.9. The third kappa shape index (κ3) is 7.28. The average molecular weight is 522 g/mol. The van der Waals surface area contributed by atoms with Crippen molar-refractivity contribution in [2.75, 3.05) is 11.9 Å². The van der Waals surface area contributed by atoms with Gasteiger partial charge in [0.05, 0.1) is 12.1 Å². The lowest BCUT2D eigenvalue weighted by molar-refractivity contribution is -0.120. The molecule has 0 radical (unpaired) electrons. The molecule has 4 N–H and O–H groups in total. The molecule has 37 heavy (non-hydrogen) atoms. The van der Waals surface area contributed by atoms with E-state index >= 15 is 0 Å². The smallest absolute Gasteiger partial charge is 0.224 e. The third-order valence-electron chi connectivity index (χ3n) is 6.84. The van der Waals surface area contributed by atoms with Crippen LogP contribution in [0, 0.1) is 0 Å². The number of anilines is 2. The topological polar surface area (TPSA) is 99.2 Å². The summed E-state index contributed by atoms with van der Waals surface area (Å²) >= 11 is 5.86. The zero-order valence-corrected chi connectivity index (χ0v) is 22.6. The van der Waals surface area contributed by atoms with Gasteiger partial charge in [0.1, 0.15) is 5.82 Å². The van der Waals surface area contributed by atoms with Crippen LogP contribution in [0.5, 0.6) is 0 Å². The van der Waals surface area contributed by atoms with Crippen LogP contribution in [0.1, 0.15) is 57.2 Å². The molecule has 7 nitrogen and oxygen atoms in total. The van der Waals surface area contributed by atoms with Crippen molar-refractivity contribution < 1.29 is 9.90 Å². The highest BCUT2D eigenvalue weighted by atomic mass is 35.5. The van der Waals surface area contributed by atoms with Crippen molar-refractivity contribution in [2.24, 2.45) is 0 Å². The largest absolute Gasteiger partial charge is 0.390 e. The van der Waals surface area contributed by atoms with Crippen molar-refractivity contribution in [1.29, 1.82) is 0 Å². The van der Waals surface area contributed by atoms with Gasteiger partial charge in [-0.25, -0.2) is 9.97 Å². The van der Waals surface area contributed by atoms with Crippen LogP contribution in [0.3, 0.4) is 0 Å². The fraction of sp³-hybridized carbons (Fsp3) is 0.414. The maximum Gasteiger partial charge on any atom is 0.224 e. The van der Waals surface area contributed by atoms with Crippen LogP contribution in [0.25, 0.3) is 0 Å². The molecule has 2 atom stereocenters. The predicted octanol–water partition coefficient (Wildman–Crippen LogP) is 4.86. The van der Waals surface area contributed by atoms with Gasteiger partial charge in [-0.2, -0.15) is 0 Å². The van der Waals surface area contributed by atoms with Crippen molar-refractivity contribution >= 4 is 29.0 Å². The Bertz CT molecular complexity index is 1220. The quantitative estimate of drug-likeness (QED) is 0.284. The first-order valence-electron chi connectivity index (χ1n) is 12.7. The average Bonchev–Trinajstić information content (AvgIpc) is 3.64. The van der Waals surface area contributed by atoms with Crippen LogP contribution >= 0.6 is 11.6 Å². The molecule has 2 aromatic carbocycles. The predicted molar refractivity (Wildman–Crippen MR) is 148 cm³/mol. The molecular weight excluding hydrogens is 486 g/mol. The van der Waals surface area contributed by atoms with E-state index in [9.17, 15) is 9.90 Å². The van der Waals surface area contributed by atoms with Crippen molar-refractivity contribution in [3.63, 3.8) is 0 Å². The van der Waals surface area contributed by atoms with Gasteiger partial charge in [-0.05, 0) is 71.2 Å². The monoisotopic (exact) mass is 521 g/mol. The lowest BCUT2D eigenvalue weighted by Gasteiger charge is -2.28. The van der Waals surface area contributed by atoms with Crippen LogP contribution in [-0.2, 0) is 22.2 Å². The van der Waals surface area contributed by atoms with E-state index in [4.69, 9.17) is 11.6 Å². The summed E-state index contributed by atoms with van der Waals surface area (Å²) in [6.45, 7) is 8.52. The molecule has 1 aliphatic carbocycles. The van der Waals surface area contributed by atoms with Crippen molar-refractivity contribution in [2.45, 2.75) is 70.1 Å². The van der Waals surface area contributed by atoms with Gasteiger partial charge in [-0.15, -0.1) is 0 Å². The fourth-order valence-electron chi connectivity index (χ4n) is 4.49. The van der Waals surface area contributed by atoms with Gasteiger partial charge in [0.2, 0.25) is 11.2 Å². The minimum Gasteiger partial charge on any atom is -0.390 e. The first kappa shape index (κ1) is 27.0. The molecule has 1 heterocycles. The second-order valence-electron chi connectivity index (χ2n) is 10.9. The number of aliphatic hydroxyl groups excluding tert-OH is 1. The van der Waals surface area contributed by atoms with Gasteiger partial charge in [-0.1, -0.05) is 57.2 Å². The normalized spacial score (nSPS) is 16.1. The fourth-order valence-corrected chi connectivity index (χ4v) is 4.64. The van der Waals surface area contributed by atoms with Gasteiger partial charge in [0, 0.05) is 30.9 Å². The van der Waals surface area contributed by atoms with Crippen LogP contribution < -0.4 is 16.0 Å². The summed E-state index contributed by atoms with van der Waals surface area (Å²) in [6, 6.07) is 17.9. The number of carbonyl (C=O) groups is 1. The molecule has 0 aliphatic heterocycles. The Labute approximate surface area is 224 Å². The van der Waals surface area contributed by atoms with Crippen LogP contribution in [0.4, 0.5) is 11.5 Å². The van der Waals surface area contributed by atoms with E-state index in [2.05, 4.69) is 71.0 Å². The summed E-state index contributed by atoms with van der Waals surface area (Å²) < 4.78 is 0. The first-order valence-corrected chi connectivity index (χ1v) is 13.1. The minimum atomic E-state index is -0.742. The molecule has 1 fully saturated rings. The maximum atomic E-state index is 11.9. The van der Waals surface area contributed by atoms with Gasteiger partial charge < -0.3 is 21.1 Å². The number of rotatable bonds is 10. The van der Waals surface area contributed by atoms with Gasteiger partial charge in [-0.3, -0.25) is 4.79 Å². The number of carbonyl (C=O) groups excluding carboxylic acids is 1. The van der Waals surface area contributed by atoms with E-state index in [0.29, 0.717) is 18.8 Å². The molecule has 1 aromatic heterocycles. The lowest BCUT2D eigenvalue weighted by Crippen LogP contribution is -2.49. The Morgan fingerprint density at radius 2 is 1.86 bits per heavy atom. The number of aromatic nitrogens is 2. The summed E-state index contributed by atoms with van der Waals surface area (Å²) in [5, 5.41) is 21.0. The Morgan fingerprint density at radius 3 is 2.49 bits per heavy atom. The molecule has 4 rings (SSSR count). The molecule has 0 saturated heterocycles. The molecule has 1 saturated carbocycles. The highest BCUT2D eigenvalue weighted by Gasteiger charge is 2.44. The molecule has 3 aromatic rings. The molecule has 8 heteroatoms. The molecular formula is C29H36ClN5O2. The second kappa shape index (κ2) is 11.2. The first-order chi connectivity index (χ1) is 17.5. The zero-order chi connectivity index (χ0) is 26.6. The molecule has 1 aliphatic rings. The van der Waals surface area contributed by atoms with Gasteiger partial charge >= 0.3 is 0 Å². The maximum absolute atomic E-state index is 11.9. The number of hydrogen-bond donors (Lipinski definition) is 4. The lowest BCUT2D eigenvalue weighted by atomic mass is 9.85. The number of hydrogen-bond acceptors (Lipinski definition) is 6. The standard InChI is InChI=1S/C29H36ClN5O2/c1-19(36)33-24(16-20-8-10-23(11-9-20)34-26-12-15-31-27(30)35-26)25(37)18-32-29(13-14-29)22-7-5-6-21(17-22)28(2,3)4/h5-12,15,17,24-25,32,37H,13-14,16,18H2,1-4H3,(H,33,36)(H,31,34,35)/t24-,25+/m0/s1. The van der Waals surface area contributed by atoms with E-state index in [1.54, 1.807) is 12.3 Å². The SMILES string of the molecule is CC(=O)N[C@@H](Cc1ccc(Nc2ccnc(Cl)n2)cc1)[C@H](O)CNC1(c2cccc(C(C)(C)C)c2)CC1. The van der Waals surface area contributed by atoms with E-state index in [0.717, 1.165) is 24.1 Å². The Morgan fingerprint density at radius 1 is 1.14 bits per heavy atom. The van der Waals surface area contributed by atoms with Gasteiger partial charge in [0.15, 0.2) is 0 Å². The summed E-state index contributed by atoms with van der Waals surface area (Å²) in [7, 11) is 0. The Hall–Kier alpha value is -3.00. The number of aliphatic hydroxyl groups is 1. The summed E-state index contributed by atoms with van der Waals surface area (Å²) in [6.07, 6.45) is 3.42. The molecule has 0 bridgehead atoms. The Balaban J connectivity index is 1.39. The number of nitrogens with zero attached hydrogens (tertiary/aromatic N) is 2. The molecule has 196 valence electrons. The highest BCUT2D eigenvalue weighted by Crippen LogP contribution is 2.46. The molecule has 0 spiro atoms. The van der Waals surface area contributed by atoms with Gasteiger partial charge in [0.25, 0.3) is 0 Å². The van der Waals surface area contributed by atoms with Crippen LogP contribution in [0.2, 0.25) is 5.28 Å². The minimum absolute atomic E-state index is 0.0784. The van der Waals surface area contributed by atoms with Crippen molar-refractivity contribution in [1.82, 2.24) is 20.6 Å². The summed E-state index contributed by atoms with van der Waals surface area (Å²) in [5.74, 6) is 0.439. The highest BCUT2D eigenvalue weighted by molar-refractivity contribution is 6.28. The van der Waals surface area contributed by atoms with E-state index in [1.807, 2.05) is 24.3 Å². The van der Waals surface area contributed by atoms with E-state index in [-0.39, 0.29) is 22.1 Å². The number of amides is 1. The number of nitrogens with one attached hydrogen (secondary N) is 3. The second-order valence-corrected chi connectivity index (χ2v) is 11.2. The third-order valence-corrected chi connectivity index (χ3v) is 7.02. The Kier molecular flexibility index (Phi) is 8.17.